The van der Waals surface area contributed by atoms with Crippen LogP contribution in [0.25, 0.3) is 0 Å². The van der Waals surface area contributed by atoms with Crippen LogP contribution in [0.5, 0.6) is 0 Å². The van der Waals surface area contributed by atoms with E-state index in [0.29, 0.717) is 26.3 Å². The van der Waals surface area contributed by atoms with E-state index in [0.717, 1.165) is 18.6 Å². The third kappa shape index (κ3) is 3.04. The molecule has 1 fully saturated rings. The van der Waals surface area contributed by atoms with Gasteiger partial charge in [0, 0.05) is 19.7 Å². The first kappa shape index (κ1) is 12.9. The van der Waals surface area contributed by atoms with Crippen LogP contribution in [-0.2, 0) is 10.9 Å². The number of rotatable bonds is 1. The molecule has 0 radical (unpaired) electrons. The largest absolute Gasteiger partial charge is 0.416 e. The highest BCUT2D eigenvalue weighted by atomic mass is 19.4. The second kappa shape index (κ2) is 5.01. The van der Waals surface area contributed by atoms with Crippen LogP contribution in [-0.4, -0.2) is 31.3 Å². The molecule has 0 aromatic carbocycles. The molecule has 1 aromatic heterocycles. The quantitative estimate of drug-likeness (QED) is 0.839. The molecule has 0 spiro atoms. The predicted molar refractivity (Wildman–Crippen MR) is 61.3 cm³/mol. The Morgan fingerprint density at radius 1 is 1.22 bits per heavy atom. The molecule has 18 heavy (non-hydrogen) atoms. The number of hydrogen-bond donors (Lipinski definition) is 1. The van der Waals surface area contributed by atoms with Crippen molar-refractivity contribution in [2.45, 2.75) is 12.6 Å². The van der Waals surface area contributed by atoms with Crippen LogP contribution in [0.3, 0.4) is 0 Å². The number of alkyl halides is 3. The smallest absolute Gasteiger partial charge is 0.384 e. The number of ether oxygens (including phenoxy) is 1. The summed E-state index contributed by atoms with van der Waals surface area (Å²) < 4.78 is 43.3. The van der Waals surface area contributed by atoms with Crippen LogP contribution in [0, 0.1) is 0 Å². The van der Waals surface area contributed by atoms with Crippen molar-refractivity contribution in [3.8, 4) is 0 Å². The first-order valence-electron chi connectivity index (χ1n) is 5.64. The number of nitrogen functional groups attached to an aromatic ring is 1. The van der Waals surface area contributed by atoms with Gasteiger partial charge in [0.1, 0.15) is 11.6 Å². The number of anilines is 2. The van der Waals surface area contributed by atoms with E-state index >= 15 is 0 Å². The van der Waals surface area contributed by atoms with Gasteiger partial charge in [-0.15, -0.1) is 0 Å². The van der Waals surface area contributed by atoms with Crippen molar-refractivity contribution < 1.29 is 17.9 Å². The minimum absolute atomic E-state index is 0.120. The summed E-state index contributed by atoms with van der Waals surface area (Å²) in [6, 6.07) is 1.87. The lowest BCUT2D eigenvalue weighted by molar-refractivity contribution is -0.137. The summed E-state index contributed by atoms with van der Waals surface area (Å²) in [4.78, 5) is 5.72. The fraction of sp³-hybridized carbons (Fsp3) is 0.545. The fourth-order valence-electron chi connectivity index (χ4n) is 1.84. The molecular weight excluding hydrogens is 247 g/mol. The Kier molecular flexibility index (Phi) is 3.60. The lowest BCUT2D eigenvalue weighted by Gasteiger charge is -2.22. The number of pyridine rings is 1. The van der Waals surface area contributed by atoms with Gasteiger partial charge in [0.25, 0.3) is 0 Å². The normalized spacial score (nSPS) is 17.6. The highest BCUT2D eigenvalue weighted by molar-refractivity contribution is 5.49. The lowest BCUT2D eigenvalue weighted by Crippen LogP contribution is -2.27. The molecule has 7 heteroatoms. The zero-order valence-electron chi connectivity index (χ0n) is 9.70. The van der Waals surface area contributed by atoms with Gasteiger partial charge in [0.2, 0.25) is 0 Å². The molecule has 1 saturated heterocycles. The number of nitrogens with two attached hydrogens (primary N) is 1. The van der Waals surface area contributed by atoms with E-state index in [4.69, 9.17) is 10.5 Å². The van der Waals surface area contributed by atoms with Crippen molar-refractivity contribution in [1.29, 1.82) is 0 Å². The van der Waals surface area contributed by atoms with Crippen LogP contribution < -0.4 is 10.6 Å². The van der Waals surface area contributed by atoms with E-state index < -0.39 is 11.7 Å². The van der Waals surface area contributed by atoms with Gasteiger partial charge in [0.15, 0.2) is 0 Å². The van der Waals surface area contributed by atoms with Crippen molar-refractivity contribution >= 4 is 11.6 Å². The van der Waals surface area contributed by atoms with Gasteiger partial charge in [-0.2, -0.15) is 13.2 Å². The molecule has 2 N–H and O–H groups in total. The molecule has 2 heterocycles. The zero-order valence-corrected chi connectivity index (χ0v) is 9.70. The van der Waals surface area contributed by atoms with Crippen LogP contribution in [0.4, 0.5) is 24.8 Å². The third-order valence-electron chi connectivity index (χ3n) is 2.71. The van der Waals surface area contributed by atoms with E-state index in [1.807, 2.05) is 0 Å². The number of aromatic nitrogens is 1. The Morgan fingerprint density at radius 3 is 2.72 bits per heavy atom. The van der Waals surface area contributed by atoms with Crippen molar-refractivity contribution in [1.82, 2.24) is 4.98 Å². The molecular formula is C11H14F3N3O. The molecule has 0 atom stereocenters. The van der Waals surface area contributed by atoms with Crippen LogP contribution in [0.2, 0.25) is 0 Å². The maximum Gasteiger partial charge on any atom is 0.416 e. The van der Waals surface area contributed by atoms with E-state index in [1.165, 1.54) is 0 Å². The Morgan fingerprint density at radius 2 is 2.00 bits per heavy atom. The second-order valence-electron chi connectivity index (χ2n) is 4.09. The summed E-state index contributed by atoms with van der Waals surface area (Å²) in [6.45, 7) is 2.24. The predicted octanol–water partition coefficient (Wildman–Crippen LogP) is 1.91. The molecule has 0 amide bonds. The average molecular weight is 261 g/mol. The van der Waals surface area contributed by atoms with Crippen molar-refractivity contribution in [3.63, 3.8) is 0 Å². The van der Waals surface area contributed by atoms with E-state index in [-0.39, 0.29) is 11.6 Å². The minimum Gasteiger partial charge on any atom is -0.384 e. The topological polar surface area (TPSA) is 51.4 Å². The number of halogens is 3. The van der Waals surface area contributed by atoms with Gasteiger partial charge in [-0.25, -0.2) is 4.98 Å². The molecule has 2 rings (SSSR count). The van der Waals surface area contributed by atoms with Gasteiger partial charge in [-0.3, -0.25) is 0 Å². The summed E-state index contributed by atoms with van der Waals surface area (Å²) in [5.74, 6) is 0.137. The van der Waals surface area contributed by atoms with Crippen molar-refractivity contribution in [3.05, 3.63) is 17.7 Å². The van der Waals surface area contributed by atoms with Gasteiger partial charge in [-0.1, -0.05) is 0 Å². The van der Waals surface area contributed by atoms with Gasteiger partial charge < -0.3 is 15.4 Å². The van der Waals surface area contributed by atoms with Crippen LogP contribution in [0.1, 0.15) is 12.0 Å². The summed E-state index contributed by atoms with van der Waals surface area (Å²) in [7, 11) is 0. The summed E-state index contributed by atoms with van der Waals surface area (Å²) in [5.41, 5.74) is 4.66. The average Bonchev–Trinajstić information content (AvgIpc) is 2.55. The Hall–Kier alpha value is -1.50. The third-order valence-corrected chi connectivity index (χ3v) is 2.71. The van der Waals surface area contributed by atoms with Crippen LogP contribution in [0.15, 0.2) is 12.1 Å². The molecule has 0 saturated carbocycles. The minimum atomic E-state index is -4.41. The standard InChI is InChI=1S/C11H14F3N3O/c12-11(13,14)8-6-9(15)16-10(7-8)17-2-1-4-18-5-3-17/h6-7H,1-5H2,(H2,15,16). The molecule has 0 unspecified atom stereocenters. The number of hydrogen-bond acceptors (Lipinski definition) is 4. The highest BCUT2D eigenvalue weighted by Crippen LogP contribution is 2.32. The Bertz CT molecular complexity index is 414. The maximum atomic E-state index is 12.7. The zero-order chi connectivity index (χ0) is 13.2. The summed E-state index contributed by atoms with van der Waals surface area (Å²) in [6.07, 6.45) is -3.65. The van der Waals surface area contributed by atoms with Gasteiger partial charge in [-0.05, 0) is 18.6 Å². The lowest BCUT2D eigenvalue weighted by atomic mass is 10.2. The fourth-order valence-corrected chi connectivity index (χ4v) is 1.84. The van der Waals surface area contributed by atoms with Crippen molar-refractivity contribution in [2.75, 3.05) is 36.9 Å². The van der Waals surface area contributed by atoms with E-state index in [9.17, 15) is 13.2 Å². The first-order chi connectivity index (χ1) is 8.47. The monoisotopic (exact) mass is 261 g/mol. The first-order valence-corrected chi connectivity index (χ1v) is 5.64. The van der Waals surface area contributed by atoms with Gasteiger partial charge >= 0.3 is 6.18 Å². The van der Waals surface area contributed by atoms with E-state index in [2.05, 4.69) is 4.98 Å². The second-order valence-corrected chi connectivity index (χ2v) is 4.09. The molecule has 100 valence electrons. The Balaban J connectivity index is 2.29. The molecule has 0 aliphatic carbocycles. The molecule has 1 aliphatic rings. The maximum absolute atomic E-state index is 12.7. The SMILES string of the molecule is Nc1cc(C(F)(F)F)cc(N2CCCOCC2)n1. The van der Waals surface area contributed by atoms with Crippen molar-refractivity contribution in [2.24, 2.45) is 0 Å². The number of nitrogens with zero attached hydrogens (tertiary/aromatic N) is 2. The summed E-state index contributed by atoms with van der Waals surface area (Å²) in [5, 5.41) is 0. The Labute approximate surface area is 103 Å². The molecule has 1 aromatic rings. The molecule has 4 nitrogen and oxygen atoms in total. The van der Waals surface area contributed by atoms with E-state index in [1.54, 1.807) is 4.90 Å². The molecule has 1 aliphatic heterocycles. The summed E-state index contributed by atoms with van der Waals surface area (Å²) >= 11 is 0. The highest BCUT2D eigenvalue weighted by Gasteiger charge is 2.32. The van der Waals surface area contributed by atoms with Gasteiger partial charge in [0.05, 0.1) is 12.2 Å². The van der Waals surface area contributed by atoms with Crippen LogP contribution >= 0.6 is 0 Å². The molecule has 0 bridgehead atoms.